The van der Waals surface area contributed by atoms with Crippen LogP contribution in [0, 0.1) is 0 Å². The van der Waals surface area contributed by atoms with Gasteiger partial charge in [-0.25, -0.2) is 0 Å². The van der Waals surface area contributed by atoms with Crippen LogP contribution in [0.5, 0.6) is 0 Å². The van der Waals surface area contributed by atoms with Gasteiger partial charge >= 0.3 is 9.28 Å². The molecule has 0 rings (SSSR count). The number of hydrogen-bond acceptors (Lipinski definition) is 2. The van der Waals surface area contributed by atoms with Crippen molar-refractivity contribution in [3.8, 4) is 0 Å². The maximum atomic E-state index is 5.23. The zero-order valence-corrected chi connectivity index (χ0v) is 11.3. The third-order valence-electron chi connectivity index (χ3n) is 2.49. The Morgan fingerprint density at radius 3 is 2.00 bits per heavy atom. The molecule has 0 aliphatic carbocycles. The van der Waals surface area contributed by atoms with E-state index in [9.17, 15) is 0 Å². The summed E-state index contributed by atoms with van der Waals surface area (Å²) in [4.78, 5) is 0. The maximum absolute atomic E-state index is 5.23. The number of rotatable bonds is 11. The lowest BCUT2D eigenvalue weighted by Gasteiger charge is -2.08. The molecule has 2 nitrogen and oxygen atoms in total. The molecule has 0 aliphatic heterocycles. The van der Waals surface area contributed by atoms with Crippen LogP contribution in [0.3, 0.4) is 0 Å². The standard InChI is InChI=1S/C12H25O2Si/c1-4-5-6-7-8-9-10-11-12-15(13-2)14-3/h4H,1,5-12H2,2-3H3. The SMILES string of the molecule is C=CCCCCCCCC[Si](OC)OC. The van der Waals surface area contributed by atoms with Gasteiger partial charge in [-0.15, -0.1) is 6.58 Å². The molecule has 0 heterocycles. The van der Waals surface area contributed by atoms with Gasteiger partial charge in [0.25, 0.3) is 0 Å². The van der Waals surface area contributed by atoms with E-state index in [0.717, 1.165) is 6.04 Å². The zero-order valence-electron chi connectivity index (χ0n) is 10.3. The molecule has 0 aromatic carbocycles. The molecule has 3 heteroatoms. The molecule has 0 atom stereocenters. The summed E-state index contributed by atoms with van der Waals surface area (Å²) in [5, 5.41) is 0. The molecule has 1 radical (unpaired) electrons. The molecule has 0 spiro atoms. The Kier molecular flexibility index (Phi) is 11.9. The highest BCUT2D eigenvalue weighted by atomic mass is 28.3. The van der Waals surface area contributed by atoms with Gasteiger partial charge in [0.2, 0.25) is 0 Å². The first kappa shape index (κ1) is 14.9. The topological polar surface area (TPSA) is 18.5 Å². The molecular weight excluding hydrogens is 204 g/mol. The van der Waals surface area contributed by atoms with E-state index in [4.69, 9.17) is 8.85 Å². The van der Waals surface area contributed by atoms with Crippen molar-refractivity contribution in [3.05, 3.63) is 12.7 Å². The van der Waals surface area contributed by atoms with E-state index in [1.165, 1.54) is 44.9 Å². The van der Waals surface area contributed by atoms with Gasteiger partial charge in [-0.1, -0.05) is 38.2 Å². The minimum absolute atomic E-state index is 0.938. The van der Waals surface area contributed by atoms with E-state index in [0.29, 0.717) is 0 Å². The van der Waals surface area contributed by atoms with Crippen LogP contribution < -0.4 is 0 Å². The summed E-state index contributed by atoms with van der Waals surface area (Å²) in [6.07, 6.45) is 11.1. The Morgan fingerprint density at radius 2 is 1.47 bits per heavy atom. The van der Waals surface area contributed by atoms with Crippen molar-refractivity contribution in [2.45, 2.75) is 51.0 Å². The minimum atomic E-state index is -0.938. The van der Waals surface area contributed by atoms with Crippen LogP contribution >= 0.6 is 0 Å². The van der Waals surface area contributed by atoms with Gasteiger partial charge in [0.05, 0.1) is 0 Å². The fourth-order valence-electron chi connectivity index (χ4n) is 1.55. The van der Waals surface area contributed by atoms with E-state index in [-0.39, 0.29) is 0 Å². The summed E-state index contributed by atoms with van der Waals surface area (Å²) < 4.78 is 10.5. The van der Waals surface area contributed by atoms with Gasteiger partial charge in [-0.05, 0) is 18.9 Å². The lowest BCUT2D eigenvalue weighted by atomic mass is 10.1. The summed E-state index contributed by atoms with van der Waals surface area (Å²) in [7, 11) is 2.55. The minimum Gasteiger partial charge on any atom is -0.397 e. The lowest BCUT2D eigenvalue weighted by molar-refractivity contribution is 0.276. The zero-order chi connectivity index (χ0) is 11.4. The summed E-state index contributed by atoms with van der Waals surface area (Å²) in [5.41, 5.74) is 0. The van der Waals surface area contributed by atoms with Crippen molar-refractivity contribution in [1.82, 2.24) is 0 Å². The van der Waals surface area contributed by atoms with Crippen LogP contribution in [0.25, 0.3) is 0 Å². The van der Waals surface area contributed by atoms with Crippen LogP contribution in [-0.4, -0.2) is 23.5 Å². The van der Waals surface area contributed by atoms with Crippen molar-refractivity contribution in [3.63, 3.8) is 0 Å². The van der Waals surface area contributed by atoms with Crippen LogP contribution in [0.15, 0.2) is 12.7 Å². The van der Waals surface area contributed by atoms with Gasteiger partial charge < -0.3 is 8.85 Å². The van der Waals surface area contributed by atoms with E-state index in [1.54, 1.807) is 14.2 Å². The van der Waals surface area contributed by atoms with Gasteiger partial charge in [0.1, 0.15) is 0 Å². The second-order valence-electron chi connectivity index (χ2n) is 3.73. The highest BCUT2D eigenvalue weighted by Gasteiger charge is 2.10. The Balaban J connectivity index is 3.07. The third-order valence-corrected chi connectivity index (χ3v) is 4.17. The van der Waals surface area contributed by atoms with Crippen LogP contribution in [-0.2, 0) is 8.85 Å². The predicted octanol–water partition coefficient (Wildman–Crippen LogP) is 3.68. The van der Waals surface area contributed by atoms with E-state index < -0.39 is 9.28 Å². The fraction of sp³-hybridized carbons (Fsp3) is 0.833. The second-order valence-corrected chi connectivity index (χ2v) is 5.79. The van der Waals surface area contributed by atoms with Crippen LogP contribution in [0.1, 0.15) is 44.9 Å². The molecule has 0 fully saturated rings. The fourth-order valence-corrected chi connectivity index (χ4v) is 2.67. The Morgan fingerprint density at radius 1 is 0.933 bits per heavy atom. The Bertz CT molecular complexity index is 136. The van der Waals surface area contributed by atoms with Gasteiger partial charge in [-0.2, -0.15) is 0 Å². The molecular formula is C12H25O2Si. The largest absolute Gasteiger partial charge is 0.397 e. The predicted molar refractivity (Wildman–Crippen MR) is 67.1 cm³/mol. The smallest absolute Gasteiger partial charge is 0.384 e. The highest BCUT2D eigenvalue weighted by molar-refractivity contribution is 6.44. The number of allylic oxidation sites excluding steroid dienone is 1. The molecule has 0 unspecified atom stereocenters. The second kappa shape index (κ2) is 11.9. The van der Waals surface area contributed by atoms with Crippen molar-refractivity contribution >= 4 is 9.28 Å². The maximum Gasteiger partial charge on any atom is 0.384 e. The molecule has 0 aromatic rings. The first-order chi connectivity index (χ1) is 7.35. The summed E-state index contributed by atoms with van der Waals surface area (Å²) >= 11 is 0. The van der Waals surface area contributed by atoms with Crippen molar-refractivity contribution in [1.29, 1.82) is 0 Å². The Labute approximate surface area is 96.5 Å². The highest BCUT2D eigenvalue weighted by Crippen LogP contribution is 2.10. The van der Waals surface area contributed by atoms with Crippen molar-refractivity contribution < 1.29 is 8.85 Å². The summed E-state index contributed by atoms with van der Waals surface area (Å²) in [5.74, 6) is 0. The van der Waals surface area contributed by atoms with Crippen molar-refractivity contribution in [2.75, 3.05) is 14.2 Å². The quantitative estimate of drug-likeness (QED) is 0.306. The first-order valence-electron chi connectivity index (χ1n) is 5.89. The average molecular weight is 229 g/mol. The normalized spacial score (nSPS) is 10.9. The lowest BCUT2D eigenvalue weighted by Crippen LogP contribution is -2.18. The molecule has 0 aliphatic rings. The molecule has 0 saturated heterocycles. The van der Waals surface area contributed by atoms with E-state index in [1.807, 2.05) is 6.08 Å². The molecule has 0 saturated carbocycles. The van der Waals surface area contributed by atoms with Crippen LogP contribution in [0.4, 0.5) is 0 Å². The van der Waals surface area contributed by atoms with Gasteiger partial charge in [0, 0.05) is 14.2 Å². The number of unbranched alkanes of at least 4 members (excludes halogenated alkanes) is 6. The monoisotopic (exact) mass is 229 g/mol. The first-order valence-corrected chi connectivity index (χ1v) is 7.42. The summed E-state index contributed by atoms with van der Waals surface area (Å²) in [6.45, 7) is 3.72. The summed E-state index contributed by atoms with van der Waals surface area (Å²) in [6, 6.07) is 1.12. The van der Waals surface area contributed by atoms with Gasteiger partial charge in [0.15, 0.2) is 0 Å². The van der Waals surface area contributed by atoms with E-state index >= 15 is 0 Å². The molecule has 0 aromatic heterocycles. The molecule has 15 heavy (non-hydrogen) atoms. The van der Waals surface area contributed by atoms with Crippen LogP contribution in [0.2, 0.25) is 6.04 Å². The molecule has 0 amide bonds. The van der Waals surface area contributed by atoms with E-state index in [2.05, 4.69) is 6.58 Å². The third kappa shape index (κ3) is 10.2. The Hall–Kier alpha value is -0.123. The molecule has 89 valence electrons. The molecule has 0 bridgehead atoms. The number of hydrogen-bond donors (Lipinski definition) is 0. The van der Waals surface area contributed by atoms with Gasteiger partial charge in [-0.3, -0.25) is 0 Å². The molecule has 0 N–H and O–H groups in total. The van der Waals surface area contributed by atoms with Crippen molar-refractivity contribution in [2.24, 2.45) is 0 Å². The average Bonchev–Trinajstić information content (AvgIpc) is 2.27.